The van der Waals surface area contributed by atoms with Crippen molar-refractivity contribution < 1.29 is 9.90 Å². The van der Waals surface area contributed by atoms with E-state index in [1.165, 1.54) is 0 Å². The van der Waals surface area contributed by atoms with E-state index in [-0.39, 0.29) is 11.9 Å². The molecule has 1 amide bonds. The summed E-state index contributed by atoms with van der Waals surface area (Å²) in [6.07, 6.45) is 0.353. The SMILES string of the molecule is N#CCCNC(=O)C1CC(O)CN1. The fourth-order valence-corrected chi connectivity index (χ4v) is 1.28. The molecule has 2 unspecified atom stereocenters. The lowest BCUT2D eigenvalue weighted by Crippen LogP contribution is -2.40. The van der Waals surface area contributed by atoms with E-state index in [4.69, 9.17) is 10.4 Å². The van der Waals surface area contributed by atoms with E-state index in [0.29, 0.717) is 25.9 Å². The van der Waals surface area contributed by atoms with Crippen molar-refractivity contribution >= 4 is 5.91 Å². The first-order valence-corrected chi connectivity index (χ1v) is 4.30. The summed E-state index contributed by atoms with van der Waals surface area (Å²) in [5, 5.41) is 22.9. The topological polar surface area (TPSA) is 85.2 Å². The average Bonchev–Trinajstić information content (AvgIpc) is 2.52. The Balaban J connectivity index is 2.21. The lowest BCUT2D eigenvalue weighted by Gasteiger charge is -2.09. The molecule has 2 atom stereocenters. The van der Waals surface area contributed by atoms with Gasteiger partial charge in [0.25, 0.3) is 0 Å². The number of aliphatic hydroxyl groups excluding tert-OH is 1. The maximum Gasteiger partial charge on any atom is 0.237 e. The molecule has 1 heterocycles. The predicted octanol–water partition coefficient (Wildman–Crippen LogP) is -1.26. The first-order valence-electron chi connectivity index (χ1n) is 4.30. The molecule has 13 heavy (non-hydrogen) atoms. The van der Waals surface area contributed by atoms with Gasteiger partial charge in [-0.15, -0.1) is 0 Å². The third-order valence-electron chi connectivity index (χ3n) is 1.96. The lowest BCUT2D eigenvalue weighted by atomic mass is 10.2. The Bertz CT molecular complexity index is 224. The molecule has 72 valence electrons. The van der Waals surface area contributed by atoms with Crippen molar-refractivity contribution in [1.29, 1.82) is 5.26 Å². The Morgan fingerprint density at radius 3 is 3.08 bits per heavy atom. The molecule has 0 bridgehead atoms. The summed E-state index contributed by atoms with van der Waals surface area (Å²) >= 11 is 0. The second-order valence-electron chi connectivity index (χ2n) is 3.05. The Labute approximate surface area is 76.7 Å². The van der Waals surface area contributed by atoms with Crippen molar-refractivity contribution in [2.45, 2.75) is 25.0 Å². The molecule has 1 aliphatic heterocycles. The highest BCUT2D eigenvalue weighted by molar-refractivity contribution is 5.82. The first-order chi connectivity index (χ1) is 6.24. The van der Waals surface area contributed by atoms with Crippen LogP contribution in [0.15, 0.2) is 0 Å². The highest BCUT2D eigenvalue weighted by Gasteiger charge is 2.27. The third kappa shape index (κ3) is 3.01. The van der Waals surface area contributed by atoms with E-state index < -0.39 is 6.10 Å². The number of nitriles is 1. The molecule has 1 fully saturated rings. The van der Waals surface area contributed by atoms with Gasteiger partial charge in [-0.05, 0) is 6.42 Å². The number of aliphatic hydroxyl groups is 1. The van der Waals surface area contributed by atoms with Gasteiger partial charge in [-0.2, -0.15) is 5.26 Å². The number of hydrogen-bond acceptors (Lipinski definition) is 4. The summed E-state index contributed by atoms with van der Waals surface area (Å²) in [6.45, 7) is 0.847. The smallest absolute Gasteiger partial charge is 0.237 e. The molecule has 5 heteroatoms. The molecular formula is C8H13N3O2. The van der Waals surface area contributed by atoms with Gasteiger partial charge in [0.05, 0.1) is 24.6 Å². The molecule has 1 saturated heterocycles. The van der Waals surface area contributed by atoms with Crippen LogP contribution in [-0.2, 0) is 4.79 Å². The summed E-state index contributed by atoms with van der Waals surface area (Å²) in [7, 11) is 0. The van der Waals surface area contributed by atoms with E-state index in [9.17, 15) is 4.79 Å². The van der Waals surface area contributed by atoms with Gasteiger partial charge in [-0.1, -0.05) is 0 Å². The summed E-state index contributed by atoms with van der Waals surface area (Å²) in [6, 6.07) is 1.64. The minimum absolute atomic E-state index is 0.133. The van der Waals surface area contributed by atoms with Gasteiger partial charge in [0.1, 0.15) is 0 Å². The number of hydrogen-bond donors (Lipinski definition) is 3. The first kappa shape index (κ1) is 9.96. The summed E-state index contributed by atoms with van der Waals surface area (Å²) in [5.41, 5.74) is 0. The van der Waals surface area contributed by atoms with Crippen LogP contribution in [-0.4, -0.2) is 36.2 Å². The molecule has 0 saturated carbocycles. The second-order valence-corrected chi connectivity index (χ2v) is 3.05. The number of amides is 1. The van der Waals surface area contributed by atoms with Crippen LogP contribution in [0.1, 0.15) is 12.8 Å². The number of carbonyl (C=O) groups is 1. The average molecular weight is 183 g/mol. The summed E-state index contributed by atoms with van der Waals surface area (Å²) < 4.78 is 0. The van der Waals surface area contributed by atoms with Gasteiger partial charge in [0, 0.05) is 13.1 Å². The van der Waals surface area contributed by atoms with Crippen molar-refractivity contribution in [1.82, 2.24) is 10.6 Å². The van der Waals surface area contributed by atoms with Crippen LogP contribution < -0.4 is 10.6 Å². The van der Waals surface area contributed by atoms with Crippen molar-refractivity contribution in [3.63, 3.8) is 0 Å². The number of rotatable bonds is 3. The highest BCUT2D eigenvalue weighted by atomic mass is 16.3. The maximum atomic E-state index is 11.3. The molecule has 0 aliphatic carbocycles. The number of nitrogens with one attached hydrogen (secondary N) is 2. The fraction of sp³-hybridized carbons (Fsp3) is 0.750. The van der Waals surface area contributed by atoms with Gasteiger partial charge in [-0.3, -0.25) is 4.79 Å². The van der Waals surface area contributed by atoms with Crippen LogP contribution in [0.5, 0.6) is 0 Å². The van der Waals surface area contributed by atoms with Gasteiger partial charge in [0.2, 0.25) is 5.91 Å². The standard InChI is InChI=1S/C8H13N3O2/c9-2-1-3-10-8(13)7-4-6(12)5-11-7/h6-7,11-12H,1,3-5H2,(H,10,13). The second kappa shape index (κ2) is 4.80. The Morgan fingerprint density at radius 2 is 2.54 bits per heavy atom. The molecule has 0 aromatic heterocycles. The van der Waals surface area contributed by atoms with E-state index in [1.54, 1.807) is 0 Å². The lowest BCUT2D eigenvalue weighted by molar-refractivity contribution is -0.122. The largest absolute Gasteiger partial charge is 0.392 e. The van der Waals surface area contributed by atoms with E-state index >= 15 is 0 Å². The molecule has 1 aliphatic rings. The van der Waals surface area contributed by atoms with E-state index in [0.717, 1.165) is 0 Å². The maximum absolute atomic E-state index is 11.3. The fourth-order valence-electron chi connectivity index (χ4n) is 1.28. The Hall–Kier alpha value is -1.12. The van der Waals surface area contributed by atoms with Gasteiger partial charge in [-0.25, -0.2) is 0 Å². The van der Waals surface area contributed by atoms with Crippen molar-refractivity contribution in [3.8, 4) is 6.07 Å². The highest BCUT2D eigenvalue weighted by Crippen LogP contribution is 2.05. The monoisotopic (exact) mass is 183 g/mol. The van der Waals surface area contributed by atoms with Gasteiger partial charge in [0.15, 0.2) is 0 Å². The zero-order chi connectivity index (χ0) is 9.68. The minimum atomic E-state index is -0.424. The number of nitrogens with zero attached hydrogens (tertiary/aromatic N) is 1. The molecule has 0 aromatic carbocycles. The zero-order valence-electron chi connectivity index (χ0n) is 7.29. The Morgan fingerprint density at radius 1 is 1.77 bits per heavy atom. The predicted molar refractivity (Wildman–Crippen MR) is 45.7 cm³/mol. The molecule has 0 radical (unpaired) electrons. The Kier molecular flexibility index (Phi) is 3.68. The molecule has 0 aromatic rings. The van der Waals surface area contributed by atoms with E-state index in [1.807, 2.05) is 6.07 Å². The molecule has 0 spiro atoms. The van der Waals surface area contributed by atoms with Gasteiger partial charge < -0.3 is 15.7 Å². The van der Waals surface area contributed by atoms with Crippen LogP contribution >= 0.6 is 0 Å². The molecular weight excluding hydrogens is 170 g/mol. The third-order valence-corrected chi connectivity index (χ3v) is 1.96. The molecule has 5 nitrogen and oxygen atoms in total. The molecule has 3 N–H and O–H groups in total. The zero-order valence-corrected chi connectivity index (χ0v) is 7.29. The van der Waals surface area contributed by atoms with Crippen molar-refractivity contribution in [3.05, 3.63) is 0 Å². The molecule has 1 rings (SSSR count). The van der Waals surface area contributed by atoms with Crippen LogP contribution in [0.25, 0.3) is 0 Å². The number of β-amino-alcohol motifs (C(OH)–C–C–N with tert-alkyl or cyclic N) is 1. The summed E-state index contributed by atoms with van der Waals surface area (Å²) in [4.78, 5) is 11.3. The van der Waals surface area contributed by atoms with Crippen LogP contribution in [0.3, 0.4) is 0 Å². The van der Waals surface area contributed by atoms with Crippen LogP contribution in [0.2, 0.25) is 0 Å². The van der Waals surface area contributed by atoms with Crippen molar-refractivity contribution in [2.24, 2.45) is 0 Å². The van der Waals surface area contributed by atoms with Crippen LogP contribution in [0, 0.1) is 11.3 Å². The van der Waals surface area contributed by atoms with E-state index in [2.05, 4.69) is 10.6 Å². The van der Waals surface area contributed by atoms with Crippen LogP contribution in [0.4, 0.5) is 0 Å². The summed E-state index contributed by atoms with van der Waals surface area (Å²) in [5.74, 6) is -0.133. The quantitative estimate of drug-likeness (QED) is 0.477. The normalized spacial score (nSPS) is 26.8. The minimum Gasteiger partial charge on any atom is -0.392 e. The number of carbonyl (C=O) groups excluding carboxylic acids is 1. The van der Waals surface area contributed by atoms with Gasteiger partial charge >= 0.3 is 0 Å². The van der Waals surface area contributed by atoms with Crippen molar-refractivity contribution in [2.75, 3.05) is 13.1 Å².